The summed E-state index contributed by atoms with van der Waals surface area (Å²) in [5, 5.41) is 11.2. The SMILES string of the molecule is Cc1cc(C)c(C2(O)CCN3CCC2C3)cc1C. The fourth-order valence-corrected chi connectivity index (χ4v) is 3.74. The molecule has 3 unspecified atom stereocenters. The standard InChI is InChI=1S/C16H23NO/c1-11-8-13(3)15(9-12(11)2)16(18)5-7-17-6-4-14(16)10-17/h8-9,14,18H,4-7,10H2,1-3H3. The van der Waals surface area contributed by atoms with Gasteiger partial charge in [-0.25, -0.2) is 0 Å². The summed E-state index contributed by atoms with van der Waals surface area (Å²) in [4.78, 5) is 2.48. The Morgan fingerprint density at radius 2 is 1.83 bits per heavy atom. The van der Waals surface area contributed by atoms with Crippen molar-refractivity contribution < 1.29 is 5.11 Å². The van der Waals surface area contributed by atoms with Crippen LogP contribution in [0.2, 0.25) is 0 Å². The third-order valence-electron chi connectivity index (χ3n) is 5.06. The van der Waals surface area contributed by atoms with Crippen molar-refractivity contribution in [3.05, 3.63) is 34.4 Å². The number of benzene rings is 1. The molecule has 2 nitrogen and oxygen atoms in total. The minimum atomic E-state index is -0.588. The van der Waals surface area contributed by atoms with Gasteiger partial charge in [-0.15, -0.1) is 0 Å². The second-order valence-corrected chi connectivity index (χ2v) is 6.21. The summed E-state index contributed by atoms with van der Waals surface area (Å²) in [6.07, 6.45) is 2.03. The molecule has 0 aliphatic carbocycles. The Bertz CT molecular complexity index is 482. The molecule has 2 aliphatic rings. The summed E-state index contributed by atoms with van der Waals surface area (Å²) in [6.45, 7) is 9.71. The van der Waals surface area contributed by atoms with Crippen molar-refractivity contribution in [2.24, 2.45) is 5.92 Å². The van der Waals surface area contributed by atoms with E-state index in [2.05, 4.69) is 37.8 Å². The Morgan fingerprint density at radius 3 is 2.61 bits per heavy atom. The fourth-order valence-electron chi connectivity index (χ4n) is 3.74. The molecule has 0 amide bonds. The molecule has 0 aromatic heterocycles. The molecule has 0 radical (unpaired) electrons. The summed E-state index contributed by atoms with van der Waals surface area (Å²) in [5.41, 5.74) is 4.46. The number of rotatable bonds is 1. The van der Waals surface area contributed by atoms with Crippen LogP contribution < -0.4 is 0 Å². The van der Waals surface area contributed by atoms with Crippen LogP contribution in [-0.4, -0.2) is 29.6 Å². The second kappa shape index (κ2) is 4.07. The Balaban J connectivity index is 2.05. The molecule has 3 atom stereocenters. The molecule has 2 aliphatic heterocycles. The van der Waals surface area contributed by atoms with Crippen LogP contribution in [0.5, 0.6) is 0 Å². The lowest BCUT2D eigenvalue weighted by Gasteiger charge is -2.40. The van der Waals surface area contributed by atoms with Crippen molar-refractivity contribution in [1.82, 2.24) is 4.90 Å². The molecule has 0 spiro atoms. The molecule has 0 saturated carbocycles. The number of hydrogen-bond acceptors (Lipinski definition) is 2. The zero-order valence-electron chi connectivity index (χ0n) is 11.7. The number of hydrogen-bond donors (Lipinski definition) is 1. The molecule has 18 heavy (non-hydrogen) atoms. The third kappa shape index (κ3) is 1.70. The molecule has 2 heteroatoms. The maximum Gasteiger partial charge on any atom is 0.0952 e. The van der Waals surface area contributed by atoms with Gasteiger partial charge < -0.3 is 10.0 Å². The zero-order valence-corrected chi connectivity index (χ0v) is 11.7. The Kier molecular flexibility index (Phi) is 2.76. The van der Waals surface area contributed by atoms with Gasteiger partial charge in [0.05, 0.1) is 5.60 Å². The highest BCUT2D eigenvalue weighted by molar-refractivity contribution is 5.40. The molecule has 3 rings (SSSR count). The lowest BCUT2D eigenvalue weighted by molar-refractivity contribution is -0.0507. The van der Waals surface area contributed by atoms with E-state index in [1.165, 1.54) is 22.3 Å². The van der Waals surface area contributed by atoms with E-state index in [4.69, 9.17) is 0 Å². The number of fused-ring (bicyclic) bond motifs is 2. The Labute approximate surface area is 110 Å². The van der Waals surface area contributed by atoms with E-state index in [1.54, 1.807) is 0 Å². The molecular formula is C16H23NO. The van der Waals surface area contributed by atoms with Crippen LogP contribution in [0.1, 0.15) is 35.1 Å². The molecule has 2 fully saturated rings. The normalized spacial score (nSPS) is 34.9. The molecule has 2 bridgehead atoms. The number of aliphatic hydroxyl groups is 1. The van der Waals surface area contributed by atoms with Gasteiger partial charge in [0.15, 0.2) is 0 Å². The zero-order chi connectivity index (χ0) is 12.9. The van der Waals surface area contributed by atoms with Crippen molar-refractivity contribution >= 4 is 0 Å². The lowest BCUT2D eigenvalue weighted by Crippen LogP contribution is -2.44. The summed E-state index contributed by atoms with van der Waals surface area (Å²) >= 11 is 0. The van der Waals surface area contributed by atoms with Crippen LogP contribution in [0.4, 0.5) is 0 Å². The van der Waals surface area contributed by atoms with Crippen LogP contribution in [0.3, 0.4) is 0 Å². The predicted molar refractivity (Wildman–Crippen MR) is 73.7 cm³/mol. The van der Waals surface area contributed by atoms with Gasteiger partial charge in [-0.3, -0.25) is 0 Å². The molecular weight excluding hydrogens is 222 g/mol. The van der Waals surface area contributed by atoms with E-state index >= 15 is 0 Å². The minimum absolute atomic E-state index is 0.423. The maximum absolute atomic E-state index is 11.2. The molecule has 1 aromatic rings. The summed E-state index contributed by atoms with van der Waals surface area (Å²) in [5.74, 6) is 0.423. The molecule has 98 valence electrons. The van der Waals surface area contributed by atoms with E-state index in [0.29, 0.717) is 5.92 Å². The minimum Gasteiger partial charge on any atom is -0.385 e. The van der Waals surface area contributed by atoms with E-state index in [1.807, 2.05) is 0 Å². The highest BCUT2D eigenvalue weighted by Crippen LogP contribution is 2.44. The van der Waals surface area contributed by atoms with Gasteiger partial charge in [-0.1, -0.05) is 12.1 Å². The summed E-state index contributed by atoms with van der Waals surface area (Å²) in [7, 11) is 0. The quantitative estimate of drug-likeness (QED) is 0.822. The smallest absolute Gasteiger partial charge is 0.0952 e. The van der Waals surface area contributed by atoms with Crippen molar-refractivity contribution in [3.8, 4) is 0 Å². The average molecular weight is 245 g/mol. The van der Waals surface area contributed by atoms with Gasteiger partial charge in [0.2, 0.25) is 0 Å². The van der Waals surface area contributed by atoms with Crippen molar-refractivity contribution in [3.63, 3.8) is 0 Å². The monoisotopic (exact) mass is 245 g/mol. The number of piperidine rings is 1. The Hall–Kier alpha value is -0.860. The first-order valence-corrected chi connectivity index (χ1v) is 7.04. The second-order valence-electron chi connectivity index (χ2n) is 6.21. The molecule has 1 aromatic carbocycles. The lowest BCUT2D eigenvalue weighted by atomic mass is 9.74. The molecule has 1 N–H and O–H groups in total. The van der Waals surface area contributed by atoms with Gasteiger partial charge in [0, 0.05) is 19.0 Å². The molecule has 2 saturated heterocycles. The summed E-state index contributed by atoms with van der Waals surface area (Å²) < 4.78 is 0. The van der Waals surface area contributed by atoms with Crippen molar-refractivity contribution in [1.29, 1.82) is 0 Å². The van der Waals surface area contributed by atoms with Gasteiger partial charge in [-0.05, 0) is 62.4 Å². The van der Waals surface area contributed by atoms with E-state index in [-0.39, 0.29) is 0 Å². The van der Waals surface area contributed by atoms with Crippen LogP contribution in [0, 0.1) is 26.7 Å². The maximum atomic E-state index is 11.2. The largest absolute Gasteiger partial charge is 0.385 e. The first-order chi connectivity index (χ1) is 8.50. The van der Waals surface area contributed by atoms with Crippen molar-refractivity contribution in [2.75, 3.05) is 19.6 Å². The molecule has 2 heterocycles. The van der Waals surface area contributed by atoms with Crippen LogP contribution in [0.15, 0.2) is 12.1 Å². The first-order valence-electron chi connectivity index (χ1n) is 7.04. The number of nitrogens with zero attached hydrogens (tertiary/aromatic N) is 1. The topological polar surface area (TPSA) is 23.5 Å². The van der Waals surface area contributed by atoms with E-state index < -0.39 is 5.60 Å². The van der Waals surface area contributed by atoms with E-state index in [9.17, 15) is 5.11 Å². The van der Waals surface area contributed by atoms with Gasteiger partial charge in [0.25, 0.3) is 0 Å². The van der Waals surface area contributed by atoms with Crippen LogP contribution >= 0.6 is 0 Å². The van der Waals surface area contributed by atoms with E-state index in [0.717, 1.165) is 32.5 Å². The van der Waals surface area contributed by atoms with Crippen molar-refractivity contribution in [2.45, 2.75) is 39.2 Å². The summed E-state index contributed by atoms with van der Waals surface area (Å²) in [6, 6.07) is 4.45. The Morgan fingerprint density at radius 1 is 1.11 bits per heavy atom. The van der Waals surface area contributed by atoms with Crippen LogP contribution in [-0.2, 0) is 5.60 Å². The average Bonchev–Trinajstić information content (AvgIpc) is 2.74. The highest BCUT2D eigenvalue weighted by atomic mass is 16.3. The van der Waals surface area contributed by atoms with Crippen LogP contribution in [0.25, 0.3) is 0 Å². The van der Waals surface area contributed by atoms with Gasteiger partial charge in [0.1, 0.15) is 0 Å². The predicted octanol–water partition coefficient (Wildman–Crippen LogP) is 2.53. The third-order valence-corrected chi connectivity index (χ3v) is 5.06. The fraction of sp³-hybridized carbons (Fsp3) is 0.625. The first kappa shape index (κ1) is 12.2. The van der Waals surface area contributed by atoms with Gasteiger partial charge >= 0.3 is 0 Å². The number of aryl methyl sites for hydroxylation is 3. The van der Waals surface area contributed by atoms with Gasteiger partial charge in [-0.2, -0.15) is 0 Å². The highest BCUT2D eigenvalue weighted by Gasteiger charge is 2.46.